The lowest BCUT2D eigenvalue weighted by Crippen LogP contribution is -2.45. The first-order chi connectivity index (χ1) is 13.1. The van der Waals surface area contributed by atoms with Gasteiger partial charge in [-0.2, -0.15) is 0 Å². The molecule has 3 aromatic rings. The maximum Gasteiger partial charge on any atom is 0.233 e. The highest BCUT2D eigenvalue weighted by Gasteiger charge is 2.22. The van der Waals surface area contributed by atoms with Crippen LogP contribution in [0.4, 0.5) is 4.39 Å². The minimum Gasteiger partial charge on any atom is -0.375 e. The Labute approximate surface area is 164 Å². The van der Waals surface area contributed by atoms with E-state index in [0.29, 0.717) is 25.4 Å². The Kier molecular flexibility index (Phi) is 5.38. The summed E-state index contributed by atoms with van der Waals surface area (Å²) < 4.78 is 19.6. The van der Waals surface area contributed by atoms with Gasteiger partial charge in [-0.3, -0.25) is 4.79 Å². The lowest BCUT2D eigenvalue weighted by molar-refractivity contribution is -0.135. The minimum atomic E-state index is -0.258. The molecule has 8 heteroatoms. The standard InChI is InChI=1S/C19H18FN3O2S2/c1-12-9-23(6-7-25-12)17(24)10-26-19-18-15(21-11-22-19)8-16(27-18)13-2-4-14(20)5-3-13/h2-5,8,11-12H,6-7,9-10H2,1H3/t12-/m1/s1. The van der Waals surface area contributed by atoms with Gasteiger partial charge in [0.05, 0.1) is 28.7 Å². The fraction of sp³-hybridized carbons (Fsp3) is 0.316. The first kappa shape index (κ1) is 18.3. The Balaban J connectivity index is 1.52. The van der Waals surface area contributed by atoms with Crippen LogP contribution in [0.1, 0.15) is 6.92 Å². The minimum absolute atomic E-state index is 0.0778. The number of ether oxygens (including phenoxy) is 1. The third kappa shape index (κ3) is 4.12. The molecule has 1 saturated heterocycles. The SMILES string of the molecule is C[C@@H]1CN(C(=O)CSc2ncnc3cc(-c4ccc(F)cc4)sc23)CCO1. The van der Waals surface area contributed by atoms with E-state index in [9.17, 15) is 9.18 Å². The van der Waals surface area contributed by atoms with Crippen molar-refractivity contribution in [1.82, 2.24) is 14.9 Å². The number of thioether (sulfide) groups is 1. The van der Waals surface area contributed by atoms with Crippen LogP contribution < -0.4 is 0 Å². The van der Waals surface area contributed by atoms with E-state index in [0.717, 1.165) is 25.7 Å². The number of rotatable bonds is 4. The van der Waals surface area contributed by atoms with E-state index in [1.54, 1.807) is 23.5 Å². The van der Waals surface area contributed by atoms with Gasteiger partial charge in [0, 0.05) is 18.0 Å². The molecule has 5 nitrogen and oxygen atoms in total. The molecule has 1 aliphatic rings. The van der Waals surface area contributed by atoms with Crippen molar-refractivity contribution < 1.29 is 13.9 Å². The zero-order chi connectivity index (χ0) is 18.8. The summed E-state index contributed by atoms with van der Waals surface area (Å²) in [5.74, 6) is 0.173. The number of fused-ring (bicyclic) bond motifs is 1. The summed E-state index contributed by atoms with van der Waals surface area (Å²) in [6.45, 7) is 3.83. The van der Waals surface area contributed by atoms with E-state index in [4.69, 9.17) is 4.74 Å². The summed E-state index contributed by atoms with van der Waals surface area (Å²) in [4.78, 5) is 24.0. The van der Waals surface area contributed by atoms with Gasteiger partial charge in [0.1, 0.15) is 17.2 Å². The summed E-state index contributed by atoms with van der Waals surface area (Å²) in [7, 11) is 0. The number of hydrogen-bond acceptors (Lipinski definition) is 6. The van der Waals surface area contributed by atoms with E-state index >= 15 is 0 Å². The molecule has 1 atom stereocenters. The number of thiophene rings is 1. The molecular weight excluding hydrogens is 385 g/mol. The van der Waals surface area contributed by atoms with Crippen molar-refractivity contribution in [3.8, 4) is 10.4 Å². The van der Waals surface area contributed by atoms with Crippen LogP contribution in [0, 0.1) is 5.82 Å². The monoisotopic (exact) mass is 403 g/mol. The molecule has 0 unspecified atom stereocenters. The zero-order valence-electron chi connectivity index (χ0n) is 14.7. The van der Waals surface area contributed by atoms with Gasteiger partial charge in [-0.15, -0.1) is 11.3 Å². The summed E-state index contributed by atoms with van der Waals surface area (Å²) in [6, 6.07) is 8.38. The lowest BCUT2D eigenvalue weighted by atomic mass is 10.2. The van der Waals surface area contributed by atoms with E-state index < -0.39 is 0 Å². The van der Waals surface area contributed by atoms with Gasteiger partial charge in [0.2, 0.25) is 5.91 Å². The average molecular weight is 404 g/mol. The number of hydrogen-bond donors (Lipinski definition) is 0. The van der Waals surface area contributed by atoms with Gasteiger partial charge in [0.25, 0.3) is 0 Å². The maximum atomic E-state index is 13.2. The van der Waals surface area contributed by atoms with E-state index in [-0.39, 0.29) is 17.8 Å². The summed E-state index contributed by atoms with van der Waals surface area (Å²) in [5.41, 5.74) is 1.78. The van der Waals surface area contributed by atoms with Crippen LogP contribution in [0.2, 0.25) is 0 Å². The second-order valence-electron chi connectivity index (χ2n) is 6.32. The Morgan fingerprint density at radius 3 is 2.96 bits per heavy atom. The third-order valence-electron chi connectivity index (χ3n) is 4.33. The van der Waals surface area contributed by atoms with Gasteiger partial charge in [-0.25, -0.2) is 14.4 Å². The van der Waals surface area contributed by atoms with Crippen molar-refractivity contribution in [2.24, 2.45) is 0 Å². The molecule has 0 aliphatic carbocycles. The van der Waals surface area contributed by atoms with Crippen molar-refractivity contribution in [3.63, 3.8) is 0 Å². The molecule has 1 amide bonds. The van der Waals surface area contributed by atoms with Gasteiger partial charge in [-0.1, -0.05) is 23.9 Å². The van der Waals surface area contributed by atoms with Crippen molar-refractivity contribution in [2.45, 2.75) is 18.1 Å². The number of morpholine rings is 1. The summed E-state index contributed by atoms with van der Waals surface area (Å²) in [5, 5.41) is 0.799. The van der Waals surface area contributed by atoms with Crippen molar-refractivity contribution in [2.75, 3.05) is 25.4 Å². The molecule has 1 aromatic carbocycles. The molecule has 3 heterocycles. The molecular formula is C19H18FN3O2S2. The van der Waals surface area contributed by atoms with Crippen LogP contribution in [-0.2, 0) is 9.53 Å². The van der Waals surface area contributed by atoms with Crippen molar-refractivity contribution >= 4 is 39.2 Å². The molecule has 0 N–H and O–H groups in total. The van der Waals surface area contributed by atoms with Crippen molar-refractivity contribution in [3.05, 3.63) is 42.5 Å². The molecule has 27 heavy (non-hydrogen) atoms. The second kappa shape index (κ2) is 7.92. The number of benzene rings is 1. The maximum absolute atomic E-state index is 13.2. The molecule has 0 spiro atoms. The second-order valence-corrected chi connectivity index (χ2v) is 8.34. The Hall–Kier alpha value is -2.03. The van der Waals surface area contributed by atoms with Gasteiger partial charge >= 0.3 is 0 Å². The topological polar surface area (TPSA) is 55.3 Å². The van der Waals surface area contributed by atoms with Crippen LogP contribution in [0.5, 0.6) is 0 Å². The lowest BCUT2D eigenvalue weighted by Gasteiger charge is -2.31. The molecule has 1 fully saturated rings. The smallest absolute Gasteiger partial charge is 0.233 e. The number of amides is 1. The predicted molar refractivity (Wildman–Crippen MR) is 106 cm³/mol. The van der Waals surface area contributed by atoms with E-state index in [1.807, 2.05) is 17.9 Å². The zero-order valence-corrected chi connectivity index (χ0v) is 16.4. The number of nitrogens with zero attached hydrogens (tertiary/aromatic N) is 3. The van der Waals surface area contributed by atoms with Crippen LogP contribution in [-0.4, -0.2) is 52.3 Å². The van der Waals surface area contributed by atoms with E-state index in [2.05, 4.69) is 9.97 Å². The largest absolute Gasteiger partial charge is 0.375 e. The molecule has 1 aliphatic heterocycles. The summed E-state index contributed by atoms with van der Waals surface area (Å²) >= 11 is 2.99. The Morgan fingerprint density at radius 2 is 2.19 bits per heavy atom. The highest BCUT2D eigenvalue weighted by atomic mass is 32.2. The van der Waals surface area contributed by atoms with Gasteiger partial charge in [0.15, 0.2) is 0 Å². The van der Waals surface area contributed by atoms with Crippen LogP contribution in [0.25, 0.3) is 20.7 Å². The Morgan fingerprint density at radius 1 is 1.37 bits per heavy atom. The fourth-order valence-corrected chi connectivity index (χ4v) is 5.06. The molecule has 0 saturated carbocycles. The van der Waals surface area contributed by atoms with E-state index in [1.165, 1.54) is 30.2 Å². The Bertz CT molecular complexity index is 961. The fourth-order valence-electron chi connectivity index (χ4n) is 2.96. The molecule has 2 aromatic heterocycles. The number of aromatic nitrogens is 2. The van der Waals surface area contributed by atoms with Crippen LogP contribution in [0.15, 0.2) is 41.7 Å². The number of halogens is 1. The third-order valence-corrected chi connectivity index (χ3v) is 6.62. The highest BCUT2D eigenvalue weighted by Crippen LogP contribution is 2.37. The first-order valence-electron chi connectivity index (χ1n) is 8.63. The van der Waals surface area contributed by atoms with Gasteiger partial charge < -0.3 is 9.64 Å². The predicted octanol–water partition coefficient (Wildman–Crippen LogP) is 3.84. The van der Waals surface area contributed by atoms with Gasteiger partial charge in [-0.05, 0) is 30.7 Å². The number of carbonyl (C=O) groups excluding carboxylic acids is 1. The molecule has 4 rings (SSSR count). The molecule has 0 radical (unpaired) electrons. The highest BCUT2D eigenvalue weighted by molar-refractivity contribution is 8.00. The quantitative estimate of drug-likeness (QED) is 0.489. The first-order valence-corrected chi connectivity index (χ1v) is 10.4. The molecule has 140 valence electrons. The average Bonchev–Trinajstić information content (AvgIpc) is 3.11. The number of carbonyl (C=O) groups is 1. The summed E-state index contributed by atoms with van der Waals surface area (Å²) in [6.07, 6.45) is 1.60. The van der Waals surface area contributed by atoms with Crippen LogP contribution in [0.3, 0.4) is 0 Å². The normalized spacial score (nSPS) is 17.4. The van der Waals surface area contributed by atoms with Crippen molar-refractivity contribution in [1.29, 1.82) is 0 Å². The van der Waals surface area contributed by atoms with Crippen LogP contribution >= 0.6 is 23.1 Å². The molecule has 0 bridgehead atoms.